The molecule has 0 radical (unpaired) electrons. The van der Waals surface area contributed by atoms with Crippen LogP contribution in [0.5, 0.6) is 0 Å². The molecule has 0 aliphatic carbocycles. The van der Waals surface area contributed by atoms with Crippen molar-refractivity contribution in [2.75, 3.05) is 5.32 Å². The third kappa shape index (κ3) is 3.14. The molecule has 1 amide bonds. The molecule has 2 aromatic carbocycles. The predicted molar refractivity (Wildman–Crippen MR) is 83.3 cm³/mol. The number of rotatable bonds is 4. The zero-order valence-corrected chi connectivity index (χ0v) is 12.0. The summed E-state index contributed by atoms with van der Waals surface area (Å²) in [5.74, 6) is -0.472. The molecule has 4 nitrogen and oxygen atoms in total. The van der Waals surface area contributed by atoms with Crippen LogP contribution in [0.3, 0.4) is 0 Å². The third-order valence-corrected chi connectivity index (χ3v) is 3.72. The molecule has 0 saturated heterocycles. The highest BCUT2D eigenvalue weighted by atomic mass is 32.1. The molecule has 21 heavy (non-hydrogen) atoms. The van der Waals surface area contributed by atoms with Crippen LogP contribution in [0.25, 0.3) is 0 Å². The number of aromatic nitrogens is 2. The summed E-state index contributed by atoms with van der Waals surface area (Å²) in [6, 6.07) is 19.4. The number of carbonyl (C=O) groups is 1. The lowest BCUT2D eigenvalue weighted by atomic mass is 9.90. The summed E-state index contributed by atoms with van der Waals surface area (Å²) in [5.41, 5.74) is 3.49. The summed E-state index contributed by atoms with van der Waals surface area (Å²) >= 11 is 1.30. The lowest BCUT2D eigenvalue weighted by molar-refractivity contribution is -0.116. The fraction of sp³-hybridized carbons (Fsp3) is 0.0625. The molecule has 3 aromatic rings. The van der Waals surface area contributed by atoms with Crippen LogP contribution in [-0.4, -0.2) is 16.1 Å². The number of amides is 1. The van der Waals surface area contributed by atoms with Crippen LogP contribution in [0.1, 0.15) is 17.0 Å². The molecule has 0 spiro atoms. The molecule has 0 saturated carbocycles. The van der Waals surface area contributed by atoms with Crippen molar-refractivity contribution in [2.24, 2.45) is 0 Å². The van der Waals surface area contributed by atoms with Crippen LogP contribution in [0.2, 0.25) is 0 Å². The van der Waals surface area contributed by atoms with Crippen LogP contribution >= 0.6 is 11.3 Å². The number of carbonyl (C=O) groups excluding carboxylic acids is 1. The summed E-state index contributed by atoms with van der Waals surface area (Å²) in [6.07, 6.45) is 0. The lowest BCUT2D eigenvalue weighted by Gasteiger charge is -2.16. The average molecular weight is 295 g/mol. The lowest BCUT2D eigenvalue weighted by Crippen LogP contribution is -2.22. The smallest absolute Gasteiger partial charge is 0.238 e. The average Bonchev–Trinajstić information content (AvgIpc) is 3.02. The zero-order valence-electron chi connectivity index (χ0n) is 11.1. The minimum Gasteiger partial charge on any atom is -0.300 e. The molecule has 104 valence electrons. The minimum atomic E-state index is -0.365. The summed E-state index contributed by atoms with van der Waals surface area (Å²) in [5, 5.41) is 10.9. The molecular formula is C16H13N3OS. The van der Waals surface area contributed by atoms with Crippen molar-refractivity contribution in [2.45, 2.75) is 5.92 Å². The van der Waals surface area contributed by atoms with Crippen LogP contribution in [0.4, 0.5) is 5.13 Å². The van der Waals surface area contributed by atoms with E-state index in [1.165, 1.54) is 11.3 Å². The maximum absolute atomic E-state index is 12.6. The molecule has 3 rings (SSSR count). The predicted octanol–water partition coefficient (Wildman–Crippen LogP) is 3.31. The summed E-state index contributed by atoms with van der Waals surface area (Å²) in [6.45, 7) is 0. The second-order valence-electron chi connectivity index (χ2n) is 4.49. The Labute approximate surface area is 126 Å². The Bertz CT molecular complexity index is 659. The highest BCUT2D eigenvalue weighted by molar-refractivity contribution is 7.13. The van der Waals surface area contributed by atoms with Gasteiger partial charge in [-0.05, 0) is 11.1 Å². The van der Waals surface area contributed by atoms with E-state index in [4.69, 9.17) is 0 Å². The van der Waals surface area contributed by atoms with E-state index in [9.17, 15) is 4.79 Å². The highest BCUT2D eigenvalue weighted by Gasteiger charge is 2.23. The van der Waals surface area contributed by atoms with Gasteiger partial charge in [0, 0.05) is 0 Å². The van der Waals surface area contributed by atoms with E-state index >= 15 is 0 Å². The van der Waals surface area contributed by atoms with E-state index in [-0.39, 0.29) is 11.8 Å². The van der Waals surface area contributed by atoms with Gasteiger partial charge in [0.05, 0.1) is 5.92 Å². The number of hydrogen-bond donors (Lipinski definition) is 1. The van der Waals surface area contributed by atoms with Crippen molar-refractivity contribution >= 4 is 22.4 Å². The molecule has 1 N–H and O–H groups in total. The molecule has 0 atom stereocenters. The van der Waals surface area contributed by atoms with Gasteiger partial charge in [0.2, 0.25) is 11.0 Å². The number of hydrogen-bond acceptors (Lipinski definition) is 4. The van der Waals surface area contributed by atoms with Crippen molar-refractivity contribution in [1.82, 2.24) is 10.2 Å². The largest absolute Gasteiger partial charge is 0.300 e. The van der Waals surface area contributed by atoms with E-state index in [1.807, 2.05) is 60.7 Å². The fourth-order valence-electron chi connectivity index (χ4n) is 2.19. The number of anilines is 1. The molecule has 1 aromatic heterocycles. The molecule has 0 aliphatic heterocycles. The van der Waals surface area contributed by atoms with Gasteiger partial charge in [-0.25, -0.2) is 0 Å². The first-order valence-corrected chi connectivity index (χ1v) is 7.39. The van der Waals surface area contributed by atoms with Crippen LogP contribution < -0.4 is 5.32 Å². The summed E-state index contributed by atoms with van der Waals surface area (Å²) in [4.78, 5) is 12.6. The first kappa shape index (κ1) is 13.5. The van der Waals surface area contributed by atoms with E-state index in [2.05, 4.69) is 15.5 Å². The van der Waals surface area contributed by atoms with Crippen molar-refractivity contribution in [3.05, 3.63) is 77.3 Å². The molecular weight excluding hydrogens is 282 g/mol. The van der Waals surface area contributed by atoms with Crippen molar-refractivity contribution in [3.63, 3.8) is 0 Å². The van der Waals surface area contributed by atoms with E-state index in [1.54, 1.807) is 5.51 Å². The summed E-state index contributed by atoms with van der Waals surface area (Å²) < 4.78 is 0. The highest BCUT2D eigenvalue weighted by Crippen LogP contribution is 2.26. The molecule has 0 unspecified atom stereocenters. The van der Waals surface area contributed by atoms with Crippen molar-refractivity contribution in [1.29, 1.82) is 0 Å². The Morgan fingerprint density at radius 1 is 0.952 bits per heavy atom. The minimum absolute atomic E-state index is 0.107. The van der Waals surface area contributed by atoms with Gasteiger partial charge in [-0.2, -0.15) is 0 Å². The first-order valence-electron chi connectivity index (χ1n) is 6.51. The van der Waals surface area contributed by atoms with Crippen LogP contribution in [0, 0.1) is 0 Å². The van der Waals surface area contributed by atoms with Gasteiger partial charge in [0.15, 0.2) is 0 Å². The van der Waals surface area contributed by atoms with Crippen LogP contribution in [-0.2, 0) is 4.79 Å². The number of nitrogens with one attached hydrogen (secondary N) is 1. The quantitative estimate of drug-likeness (QED) is 0.803. The molecule has 0 aliphatic rings. The van der Waals surface area contributed by atoms with Gasteiger partial charge in [-0.3, -0.25) is 10.1 Å². The molecule has 5 heteroatoms. The van der Waals surface area contributed by atoms with Gasteiger partial charge in [-0.15, -0.1) is 10.2 Å². The third-order valence-electron chi connectivity index (χ3n) is 3.12. The topological polar surface area (TPSA) is 54.9 Å². The molecule has 1 heterocycles. The van der Waals surface area contributed by atoms with E-state index in [0.717, 1.165) is 11.1 Å². The molecule has 0 bridgehead atoms. The maximum Gasteiger partial charge on any atom is 0.238 e. The van der Waals surface area contributed by atoms with Crippen molar-refractivity contribution < 1.29 is 4.79 Å². The van der Waals surface area contributed by atoms with E-state index < -0.39 is 0 Å². The maximum atomic E-state index is 12.6. The van der Waals surface area contributed by atoms with Gasteiger partial charge >= 0.3 is 0 Å². The van der Waals surface area contributed by atoms with Gasteiger partial charge in [0.25, 0.3) is 0 Å². The van der Waals surface area contributed by atoms with Gasteiger partial charge in [-0.1, -0.05) is 72.0 Å². The first-order chi connectivity index (χ1) is 10.3. The Kier molecular flexibility index (Phi) is 4.02. The SMILES string of the molecule is O=C(Nc1nncs1)C(c1ccccc1)c1ccccc1. The summed E-state index contributed by atoms with van der Waals surface area (Å²) in [7, 11) is 0. The van der Waals surface area contributed by atoms with Crippen LogP contribution in [0.15, 0.2) is 66.2 Å². The van der Waals surface area contributed by atoms with E-state index in [0.29, 0.717) is 5.13 Å². The Morgan fingerprint density at radius 3 is 2.00 bits per heavy atom. The zero-order chi connectivity index (χ0) is 14.5. The van der Waals surface area contributed by atoms with Gasteiger partial charge in [0.1, 0.15) is 5.51 Å². The second kappa shape index (κ2) is 6.28. The Morgan fingerprint density at radius 2 is 1.52 bits per heavy atom. The van der Waals surface area contributed by atoms with Gasteiger partial charge < -0.3 is 0 Å². The fourth-order valence-corrected chi connectivity index (χ4v) is 2.64. The van der Waals surface area contributed by atoms with Crippen molar-refractivity contribution in [3.8, 4) is 0 Å². The second-order valence-corrected chi connectivity index (χ2v) is 5.32. The normalized spacial score (nSPS) is 10.5. The number of benzene rings is 2. The Balaban J connectivity index is 1.95. The standard InChI is InChI=1S/C16H13N3OS/c20-15(18-16-19-17-11-21-16)14(12-7-3-1-4-8-12)13-9-5-2-6-10-13/h1-11,14H,(H,18,19,20). The number of nitrogens with zero attached hydrogens (tertiary/aromatic N) is 2. The molecule has 0 fully saturated rings. The monoisotopic (exact) mass is 295 g/mol. The Hall–Kier alpha value is -2.53.